The molecule has 28 heavy (non-hydrogen) atoms. The summed E-state index contributed by atoms with van der Waals surface area (Å²) >= 11 is 7.07. The van der Waals surface area contributed by atoms with Crippen LogP contribution in [0.15, 0.2) is 53.7 Å². The Balaban J connectivity index is 0.00000136. The first kappa shape index (κ1) is 21.5. The van der Waals surface area contributed by atoms with Crippen molar-refractivity contribution in [2.75, 3.05) is 11.1 Å². The molecular formula is C19H19ClN4O3S. The smallest absolute Gasteiger partial charge is 0.313 e. The zero-order valence-electron chi connectivity index (χ0n) is 15.3. The molecule has 9 heteroatoms. The lowest BCUT2D eigenvalue weighted by molar-refractivity contribution is -0.133. The van der Waals surface area contributed by atoms with Crippen molar-refractivity contribution < 1.29 is 14.7 Å². The third kappa shape index (κ3) is 5.83. The Bertz CT molecular complexity index is 962. The van der Waals surface area contributed by atoms with E-state index in [0.717, 1.165) is 11.8 Å². The number of nitrogens with one attached hydrogen (secondary N) is 2. The van der Waals surface area contributed by atoms with Gasteiger partial charge < -0.3 is 10.4 Å². The van der Waals surface area contributed by atoms with Gasteiger partial charge in [0.2, 0.25) is 5.16 Å². The van der Waals surface area contributed by atoms with Crippen LogP contribution in [0.5, 0.6) is 0 Å². The number of rotatable bonds is 6. The second-order valence-electron chi connectivity index (χ2n) is 5.16. The van der Waals surface area contributed by atoms with Crippen LogP contribution in [-0.4, -0.2) is 37.9 Å². The van der Waals surface area contributed by atoms with E-state index in [1.165, 1.54) is 0 Å². The minimum Gasteiger partial charge on any atom is -0.481 e. The number of benzene rings is 2. The highest BCUT2D eigenvalue weighted by molar-refractivity contribution is 7.99. The Hall–Kier alpha value is -2.84. The van der Waals surface area contributed by atoms with Crippen molar-refractivity contribution >= 4 is 40.9 Å². The molecule has 1 heterocycles. The summed E-state index contributed by atoms with van der Waals surface area (Å²) in [5.74, 6) is -0.929. The quantitative estimate of drug-likeness (QED) is 0.505. The lowest BCUT2D eigenvalue weighted by Gasteiger charge is -2.07. The molecule has 0 saturated carbocycles. The highest BCUT2D eigenvalue weighted by atomic mass is 35.5. The van der Waals surface area contributed by atoms with Crippen LogP contribution in [-0.2, 0) is 4.79 Å². The van der Waals surface area contributed by atoms with Gasteiger partial charge in [-0.05, 0) is 24.3 Å². The topological polar surface area (TPSA) is 108 Å². The van der Waals surface area contributed by atoms with Gasteiger partial charge in [-0.15, -0.1) is 5.10 Å². The largest absolute Gasteiger partial charge is 0.481 e. The van der Waals surface area contributed by atoms with Crippen molar-refractivity contribution in [1.82, 2.24) is 15.2 Å². The molecule has 3 rings (SSSR count). The van der Waals surface area contributed by atoms with E-state index in [1.54, 1.807) is 48.5 Å². The minimum absolute atomic E-state index is 0.127. The SMILES string of the molecule is CC.O=C(O)CSc1n[nH]c(-c2cccc(C(=O)Nc3ccccc3Cl)c2)n1. The average molecular weight is 419 g/mol. The highest BCUT2D eigenvalue weighted by Gasteiger charge is 2.12. The lowest BCUT2D eigenvalue weighted by atomic mass is 10.1. The number of aromatic nitrogens is 3. The first-order valence-electron chi connectivity index (χ1n) is 8.46. The molecule has 0 saturated heterocycles. The number of thioether (sulfide) groups is 1. The van der Waals surface area contributed by atoms with E-state index >= 15 is 0 Å². The van der Waals surface area contributed by atoms with Gasteiger partial charge in [0.1, 0.15) is 0 Å². The fourth-order valence-corrected chi connectivity index (χ4v) is 2.83. The number of nitrogens with zero attached hydrogens (tertiary/aromatic N) is 2. The van der Waals surface area contributed by atoms with Crippen LogP contribution in [0.2, 0.25) is 5.02 Å². The number of aliphatic carboxylic acids is 1. The molecule has 1 aromatic heterocycles. The number of carbonyl (C=O) groups is 2. The minimum atomic E-state index is -0.945. The van der Waals surface area contributed by atoms with E-state index in [2.05, 4.69) is 20.5 Å². The van der Waals surface area contributed by atoms with E-state index in [1.807, 2.05) is 13.8 Å². The van der Waals surface area contributed by atoms with Crippen LogP contribution in [0.25, 0.3) is 11.4 Å². The number of carboxylic acids is 1. The predicted octanol–water partition coefficient (Wildman–Crippen LogP) is 4.58. The molecule has 0 unspecified atom stereocenters. The first-order valence-corrected chi connectivity index (χ1v) is 9.82. The normalized spacial score (nSPS) is 9.96. The van der Waals surface area contributed by atoms with Gasteiger partial charge in [-0.3, -0.25) is 14.7 Å². The number of halogens is 1. The van der Waals surface area contributed by atoms with Gasteiger partial charge in [-0.1, -0.05) is 61.5 Å². The number of hydrogen-bond donors (Lipinski definition) is 3. The number of amides is 1. The molecule has 1 amide bonds. The summed E-state index contributed by atoms with van der Waals surface area (Å²) in [6, 6.07) is 13.8. The molecule has 0 atom stereocenters. The number of carbonyl (C=O) groups excluding carboxylic acids is 1. The number of para-hydroxylation sites is 1. The maximum atomic E-state index is 12.4. The maximum absolute atomic E-state index is 12.4. The average Bonchev–Trinajstić information content (AvgIpc) is 3.19. The van der Waals surface area contributed by atoms with Crippen molar-refractivity contribution in [2.45, 2.75) is 19.0 Å². The molecule has 7 nitrogen and oxygen atoms in total. The van der Waals surface area contributed by atoms with E-state index in [-0.39, 0.29) is 11.7 Å². The van der Waals surface area contributed by atoms with Crippen molar-refractivity contribution in [3.8, 4) is 11.4 Å². The van der Waals surface area contributed by atoms with Crippen molar-refractivity contribution in [3.05, 3.63) is 59.1 Å². The lowest BCUT2D eigenvalue weighted by Crippen LogP contribution is -2.12. The summed E-state index contributed by atoms with van der Waals surface area (Å²) in [7, 11) is 0. The molecule has 2 aromatic carbocycles. The number of anilines is 1. The molecule has 0 spiro atoms. The Labute approximate surface area is 171 Å². The highest BCUT2D eigenvalue weighted by Crippen LogP contribution is 2.23. The number of carboxylic acid groups (broad SMARTS) is 1. The molecule has 0 aliphatic carbocycles. The molecule has 0 aliphatic heterocycles. The predicted molar refractivity (Wildman–Crippen MR) is 111 cm³/mol. The standard InChI is InChI=1S/C17H13ClN4O3S.C2H6/c18-12-6-1-2-7-13(12)19-16(25)11-5-3-4-10(8-11)15-20-17(22-21-15)26-9-14(23)24;1-2/h1-8H,9H2,(H,19,25)(H,23,24)(H,20,21,22);1-2H3. The van der Waals surface area contributed by atoms with Crippen molar-refractivity contribution in [1.29, 1.82) is 0 Å². The summed E-state index contributed by atoms with van der Waals surface area (Å²) in [4.78, 5) is 27.3. The van der Waals surface area contributed by atoms with Crippen LogP contribution < -0.4 is 5.32 Å². The first-order chi connectivity index (χ1) is 13.5. The van der Waals surface area contributed by atoms with Crippen LogP contribution in [0.4, 0.5) is 5.69 Å². The summed E-state index contributed by atoms with van der Waals surface area (Å²) in [5.41, 5.74) is 1.61. The Kier molecular flexibility index (Phi) is 8.03. The molecule has 0 radical (unpaired) electrons. The summed E-state index contributed by atoms with van der Waals surface area (Å²) in [6.07, 6.45) is 0. The molecular weight excluding hydrogens is 400 g/mol. The molecule has 3 aromatic rings. The molecule has 146 valence electrons. The van der Waals surface area contributed by atoms with E-state index < -0.39 is 5.97 Å². The molecule has 0 fully saturated rings. The van der Waals surface area contributed by atoms with Gasteiger partial charge in [-0.25, -0.2) is 4.98 Å². The number of hydrogen-bond acceptors (Lipinski definition) is 5. The second-order valence-corrected chi connectivity index (χ2v) is 6.51. The van der Waals surface area contributed by atoms with Gasteiger partial charge in [-0.2, -0.15) is 0 Å². The van der Waals surface area contributed by atoms with Crippen LogP contribution in [0.3, 0.4) is 0 Å². The molecule has 0 bridgehead atoms. The van der Waals surface area contributed by atoms with Gasteiger partial charge in [0.25, 0.3) is 5.91 Å². The van der Waals surface area contributed by atoms with Gasteiger partial charge in [0.15, 0.2) is 5.82 Å². The maximum Gasteiger partial charge on any atom is 0.313 e. The Morgan fingerprint density at radius 1 is 1.18 bits per heavy atom. The second kappa shape index (κ2) is 10.5. The van der Waals surface area contributed by atoms with Crippen molar-refractivity contribution in [2.24, 2.45) is 0 Å². The summed E-state index contributed by atoms with van der Waals surface area (Å²) < 4.78 is 0. The zero-order valence-corrected chi connectivity index (χ0v) is 16.8. The Morgan fingerprint density at radius 3 is 2.64 bits per heavy atom. The monoisotopic (exact) mass is 418 g/mol. The van der Waals surface area contributed by atoms with Crippen LogP contribution in [0.1, 0.15) is 24.2 Å². The zero-order chi connectivity index (χ0) is 20.5. The van der Waals surface area contributed by atoms with Crippen LogP contribution >= 0.6 is 23.4 Å². The third-order valence-electron chi connectivity index (χ3n) is 3.31. The molecule has 3 N–H and O–H groups in total. The van der Waals surface area contributed by atoms with E-state index in [9.17, 15) is 9.59 Å². The fourth-order valence-electron chi connectivity index (χ4n) is 2.13. The third-order valence-corrected chi connectivity index (χ3v) is 4.47. The summed E-state index contributed by atoms with van der Waals surface area (Å²) in [6.45, 7) is 4.00. The summed E-state index contributed by atoms with van der Waals surface area (Å²) in [5, 5.41) is 18.9. The van der Waals surface area contributed by atoms with E-state index in [4.69, 9.17) is 16.7 Å². The van der Waals surface area contributed by atoms with Crippen LogP contribution in [0, 0.1) is 0 Å². The van der Waals surface area contributed by atoms with Gasteiger partial charge in [0, 0.05) is 11.1 Å². The van der Waals surface area contributed by atoms with E-state index in [0.29, 0.717) is 32.8 Å². The van der Waals surface area contributed by atoms with Crippen molar-refractivity contribution in [3.63, 3.8) is 0 Å². The number of H-pyrrole nitrogens is 1. The van der Waals surface area contributed by atoms with Gasteiger partial charge >= 0.3 is 5.97 Å². The molecule has 0 aliphatic rings. The number of aromatic amines is 1. The fraction of sp³-hybridized carbons (Fsp3) is 0.158. The van der Waals surface area contributed by atoms with Gasteiger partial charge in [0.05, 0.1) is 16.5 Å². The Morgan fingerprint density at radius 2 is 1.93 bits per heavy atom.